The Morgan fingerprint density at radius 1 is 1.12 bits per heavy atom. The first-order chi connectivity index (χ1) is 12.5. The van der Waals surface area contributed by atoms with Crippen molar-refractivity contribution >= 4 is 40.8 Å². The van der Waals surface area contributed by atoms with Gasteiger partial charge in [0.05, 0.1) is 0 Å². The van der Waals surface area contributed by atoms with E-state index in [4.69, 9.17) is 28.3 Å². The van der Waals surface area contributed by atoms with Crippen LogP contribution in [0.15, 0.2) is 52.6 Å². The molecule has 0 atom stereocenters. The fourth-order valence-corrected chi connectivity index (χ4v) is 4.56. The first kappa shape index (κ1) is 19.1. The molecule has 0 radical (unpaired) electrons. The Kier molecular flexibility index (Phi) is 6.12. The lowest BCUT2D eigenvalue weighted by Crippen LogP contribution is -2.05. The maximum atomic E-state index is 6.18. The van der Waals surface area contributed by atoms with Gasteiger partial charge in [0.2, 0.25) is 0 Å². The molecular weight excluding hydrogens is 387 g/mol. The average Bonchev–Trinajstić information content (AvgIpc) is 2.93. The van der Waals surface area contributed by atoms with E-state index in [1.165, 1.54) is 5.56 Å². The summed E-state index contributed by atoms with van der Waals surface area (Å²) in [6.45, 7) is 4.25. The van der Waals surface area contributed by atoms with Gasteiger partial charge in [-0.05, 0) is 49.7 Å². The molecule has 0 bridgehead atoms. The van der Waals surface area contributed by atoms with Crippen LogP contribution in [0.25, 0.3) is 0 Å². The van der Waals surface area contributed by atoms with Gasteiger partial charge in [-0.3, -0.25) is 9.67 Å². The topological polar surface area (TPSA) is 42.7 Å². The van der Waals surface area contributed by atoms with Crippen LogP contribution in [0, 0.1) is 0 Å². The van der Waals surface area contributed by atoms with E-state index in [0.29, 0.717) is 10.0 Å². The normalized spacial score (nSPS) is 11.2. The molecule has 2 heterocycles. The van der Waals surface area contributed by atoms with Gasteiger partial charge in [-0.15, -0.1) is 0 Å². The van der Waals surface area contributed by atoms with Crippen molar-refractivity contribution in [3.05, 3.63) is 63.9 Å². The van der Waals surface area contributed by atoms with Gasteiger partial charge in [0.1, 0.15) is 5.03 Å². The number of benzene rings is 1. The third-order valence-electron chi connectivity index (χ3n) is 3.87. The molecule has 0 saturated carbocycles. The molecule has 136 valence electrons. The van der Waals surface area contributed by atoms with Gasteiger partial charge in [0.25, 0.3) is 0 Å². The number of pyridine rings is 1. The van der Waals surface area contributed by atoms with Crippen molar-refractivity contribution in [2.75, 3.05) is 12.4 Å². The third kappa shape index (κ3) is 4.34. The average molecular weight is 407 g/mol. The molecule has 26 heavy (non-hydrogen) atoms. The molecule has 0 amide bonds. The maximum Gasteiger partial charge on any atom is 0.152 e. The van der Waals surface area contributed by atoms with Gasteiger partial charge >= 0.3 is 0 Å². The molecule has 7 heteroatoms. The number of rotatable bonds is 6. The second kappa shape index (κ2) is 8.33. The van der Waals surface area contributed by atoms with Crippen LogP contribution in [0.4, 0.5) is 5.82 Å². The molecule has 0 unspecified atom stereocenters. The van der Waals surface area contributed by atoms with Crippen LogP contribution < -0.4 is 5.32 Å². The highest BCUT2D eigenvalue weighted by Gasteiger charge is 2.20. The zero-order valence-corrected chi connectivity index (χ0v) is 17.2. The first-order valence-electron chi connectivity index (χ1n) is 8.30. The number of nitrogens with one attached hydrogen (secondary N) is 1. The Morgan fingerprint density at radius 3 is 2.35 bits per heavy atom. The second-order valence-corrected chi connectivity index (χ2v) is 8.10. The fourth-order valence-electron chi connectivity index (χ4n) is 2.68. The van der Waals surface area contributed by atoms with Crippen molar-refractivity contribution in [3.63, 3.8) is 0 Å². The van der Waals surface area contributed by atoms with E-state index in [9.17, 15) is 0 Å². The minimum Gasteiger partial charge on any atom is -0.371 e. The highest BCUT2D eigenvalue weighted by molar-refractivity contribution is 7.99. The van der Waals surface area contributed by atoms with Gasteiger partial charge in [0.15, 0.2) is 5.82 Å². The lowest BCUT2D eigenvalue weighted by molar-refractivity contribution is 0.492. The number of halogens is 2. The largest absolute Gasteiger partial charge is 0.371 e. The quantitative estimate of drug-likeness (QED) is 0.548. The summed E-state index contributed by atoms with van der Waals surface area (Å²) in [4.78, 5) is 5.09. The molecule has 0 saturated heterocycles. The molecule has 3 aromatic rings. The Balaban J connectivity index is 2.07. The predicted molar refractivity (Wildman–Crippen MR) is 110 cm³/mol. The molecule has 1 aromatic carbocycles. The summed E-state index contributed by atoms with van der Waals surface area (Å²) in [7, 11) is 1.90. The van der Waals surface area contributed by atoms with Crippen LogP contribution in [0.3, 0.4) is 0 Å². The molecule has 0 fully saturated rings. The van der Waals surface area contributed by atoms with Gasteiger partial charge in [0, 0.05) is 52.4 Å². The molecule has 1 N–H and O–H groups in total. The summed E-state index contributed by atoms with van der Waals surface area (Å²) in [6, 6.07) is 9.86. The number of hydrogen-bond acceptors (Lipinski definition) is 4. The van der Waals surface area contributed by atoms with Crippen LogP contribution in [-0.4, -0.2) is 21.8 Å². The zero-order chi connectivity index (χ0) is 18.7. The molecule has 0 aliphatic rings. The van der Waals surface area contributed by atoms with E-state index in [1.807, 2.05) is 48.4 Å². The summed E-state index contributed by atoms with van der Waals surface area (Å²) >= 11 is 14.0. The Morgan fingerprint density at radius 2 is 1.77 bits per heavy atom. The van der Waals surface area contributed by atoms with Gasteiger partial charge in [-0.25, -0.2) is 0 Å². The number of anilines is 1. The highest BCUT2D eigenvalue weighted by Crippen LogP contribution is 2.38. The van der Waals surface area contributed by atoms with E-state index in [-0.39, 0.29) is 6.04 Å². The van der Waals surface area contributed by atoms with Crippen molar-refractivity contribution in [3.8, 4) is 0 Å². The molecule has 3 rings (SSSR count). The zero-order valence-electron chi connectivity index (χ0n) is 14.8. The molecule has 0 spiro atoms. The summed E-state index contributed by atoms with van der Waals surface area (Å²) in [5, 5.41) is 10.3. The summed E-state index contributed by atoms with van der Waals surface area (Å²) in [5.41, 5.74) is 2.33. The van der Waals surface area contributed by atoms with E-state index >= 15 is 0 Å². The van der Waals surface area contributed by atoms with Crippen LogP contribution >= 0.6 is 35.0 Å². The van der Waals surface area contributed by atoms with Crippen molar-refractivity contribution in [2.45, 2.75) is 36.2 Å². The van der Waals surface area contributed by atoms with Gasteiger partial charge < -0.3 is 5.32 Å². The van der Waals surface area contributed by atoms with Gasteiger partial charge in [-0.1, -0.05) is 35.0 Å². The second-order valence-electron chi connectivity index (χ2n) is 6.16. The van der Waals surface area contributed by atoms with E-state index in [0.717, 1.165) is 27.7 Å². The lowest BCUT2D eigenvalue weighted by atomic mass is 10.1. The van der Waals surface area contributed by atoms with Crippen molar-refractivity contribution in [1.29, 1.82) is 0 Å². The molecule has 0 aliphatic heterocycles. The number of hydrogen-bond donors (Lipinski definition) is 1. The Hall–Kier alpha value is -1.69. The monoisotopic (exact) mass is 406 g/mol. The third-order valence-corrected chi connectivity index (χ3v) is 5.40. The van der Waals surface area contributed by atoms with Gasteiger partial charge in [-0.2, -0.15) is 5.10 Å². The molecule has 0 aliphatic carbocycles. The first-order valence-corrected chi connectivity index (χ1v) is 9.87. The SMILES string of the molecule is CNc1nn(C(C)C)c(Sc2cc(Cl)cc(Cl)c2)c1Cc1ccncc1. The van der Waals surface area contributed by atoms with Crippen molar-refractivity contribution in [1.82, 2.24) is 14.8 Å². The summed E-state index contributed by atoms with van der Waals surface area (Å²) in [6.07, 6.45) is 4.39. The Bertz CT molecular complexity index is 874. The molecular formula is C19H20Cl2N4S. The smallest absolute Gasteiger partial charge is 0.152 e. The molecule has 4 nitrogen and oxygen atoms in total. The van der Waals surface area contributed by atoms with E-state index in [2.05, 4.69) is 24.1 Å². The summed E-state index contributed by atoms with van der Waals surface area (Å²) < 4.78 is 2.04. The standard InChI is InChI=1S/C19H20Cl2N4S/c1-12(2)25-19(26-16-10-14(20)9-15(21)11-16)17(18(22-3)24-25)8-13-4-6-23-7-5-13/h4-7,9-12H,8H2,1-3H3,(H,22,24). The van der Waals surface area contributed by atoms with Crippen LogP contribution in [0.1, 0.15) is 31.0 Å². The van der Waals surface area contributed by atoms with Crippen molar-refractivity contribution < 1.29 is 0 Å². The lowest BCUT2D eigenvalue weighted by Gasteiger charge is -2.12. The van der Waals surface area contributed by atoms with Crippen molar-refractivity contribution in [2.24, 2.45) is 0 Å². The highest BCUT2D eigenvalue weighted by atomic mass is 35.5. The van der Waals surface area contributed by atoms with E-state index in [1.54, 1.807) is 17.8 Å². The molecule has 2 aromatic heterocycles. The minimum atomic E-state index is 0.227. The minimum absolute atomic E-state index is 0.227. The van der Waals surface area contributed by atoms with Crippen LogP contribution in [0.5, 0.6) is 0 Å². The maximum absolute atomic E-state index is 6.18. The number of aromatic nitrogens is 3. The summed E-state index contributed by atoms with van der Waals surface area (Å²) in [5.74, 6) is 0.881. The van der Waals surface area contributed by atoms with Crippen LogP contribution in [-0.2, 0) is 6.42 Å². The number of nitrogens with zero attached hydrogens (tertiary/aromatic N) is 3. The fraction of sp³-hybridized carbons (Fsp3) is 0.263. The predicted octanol–water partition coefficient (Wildman–Crippen LogP) is 5.95. The Labute approximate surface area is 167 Å². The van der Waals surface area contributed by atoms with E-state index < -0.39 is 0 Å². The van der Waals surface area contributed by atoms with Crippen LogP contribution in [0.2, 0.25) is 10.0 Å².